The molecule has 0 amide bonds. The Kier molecular flexibility index (Phi) is 3.58. The van der Waals surface area contributed by atoms with Crippen molar-refractivity contribution in [3.8, 4) is 11.8 Å². The Morgan fingerprint density at radius 2 is 2.25 bits per heavy atom. The molecule has 0 N–H and O–H groups in total. The van der Waals surface area contributed by atoms with Gasteiger partial charge in [-0.05, 0) is 60.6 Å². The summed E-state index contributed by atoms with van der Waals surface area (Å²) in [6.45, 7) is 3.86. The molecule has 20 heavy (non-hydrogen) atoms. The fourth-order valence-electron chi connectivity index (χ4n) is 2.62. The molecule has 0 aromatic carbocycles. The molecular formula is C17H15NOS. The number of rotatable bonds is 2. The SMILES string of the molecule is C=Cn1c(C#CC(=O)c2cccs2)cc2c1CCCC2. The van der Waals surface area contributed by atoms with E-state index in [0.29, 0.717) is 4.88 Å². The quantitative estimate of drug-likeness (QED) is 0.607. The molecule has 2 nitrogen and oxygen atoms in total. The molecule has 0 saturated heterocycles. The number of nitrogens with zero attached hydrogens (tertiary/aromatic N) is 1. The largest absolute Gasteiger partial charge is 0.314 e. The molecule has 0 radical (unpaired) electrons. The van der Waals surface area contributed by atoms with Crippen LogP contribution in [-0.2, 0) is 12.8 Å². The lowest BCUT2D eigenvalue weighted by Gasteiger charge is -2.12. The number of hydrogen-bond donors (Lipinski definition) is 0. The van der Waals surface area contributed by atoms with Crippen molar-refractivity contribution in [1.82, 2.24) is 4.57 Å². The molecule has 0 fully saturated rings. The fourth-order valence-corrected chi connectivity index (χ4v) is 3.24. The molecule has 3 heteroatoms. The van der Waals surface area contributed by atoms with Crippen molar-refractivity contribution in [3.05, 3.63) is 52.0 Å². The second kappa shape index (κ2) is 5.52. The number of aromatic nitrogens is 1. The molecule has 2 aromatic rings. The van der Waals surface area contributed by atoms with E-state index in [1.165, 1.54) is 35.4 Å². The lowest BCUT2D eigenvalue weighted by molar-refractivity contribution is 0.106. The van der Waals surface area contributed by atoms with Gasteiger partial charge in [-0.1, -0.05) is 12.6 Å². The zero-order chi connectivity index (χ0) is 13.9. The van der Waals surface area contributed by atoms with Crippen LogP contribution < -0.4 is 0 Å². The molecule has 0 saturated carbocycles. The Balaban J connectivity index is 1.94. The average molecular weight is 281 g/mol. The summed E-state index contributed by atoms with van der Waals surface area (Å²) in [6, 6.07) is 5.77. The van der Waals surface area contributed by atoms with Gasteiger partial charge in [0.05, 0.1) is 10.6 Å². The number of carbonyl (C=O) groups excluding carboxylic acids is 1. The first kappa shape index (κ1) is 13.0. The summed E-state index contributed by atoms with van der Waals surface area (Å²) in [5, 5.41) is 1.89. The summed E-state index contributed by atoms with van der Waals surface area (Å²) in [5.41, 5.74) is 3.53. The molecule has 3 rings (SSSR count). The van der Waals surface area contributed by atoms with Crippen LogP contribution in [0.15, 0.2) is 30.2 Å². The summed E-state index contributed by atoms with van der Waals surface area (Å²) in [5.74, 6) is 5.63. The summed E-state index contributed by atoms with van der Waals surface area (Å²) >= 11 is 1.42. The number of Topliss-reactive ketones (excluding diaryl/α,β-unsaturated/α-hetero) is 1. The molecule has 2 heterocycles. The maximum atomic E-state index is 11.9. The molecule has 0 unspecified atom stereocenters. The van der Waals surface area contributed by atoms with Crippen molar-refractivity contribution in [2.24, 2.45) is 0 Å². The smallest absolute Gasteiger partial charge is 0.246 e. The Bertz CT molecular complexity index is 710. The minimum Gasteiger partial charge on any atom is -0.314 e. The van der Waals surface area contributed by atoms with E-state index < -0.39 is 0 Å². The van der Waals surface area contributed by atoms with Gasteiger partial charge in [0.25, 0.3) is 0 Å². The van der Waals surface area contributed by atoms with Gasteiger partial charge in [0.15, 0.2) is 0 Å². The van der Waals surface area contributed by atoms with Crippen LogP contribution in [-0.4, -0.2) is 10.4 Å². The molecule has 1 aliphatic rings. The van der Waals surface area contributed by atoms with Crippen LogP contribution in [0.25, 0.3) is 6.20 Å². The molecule has 0 bridgehead atoms. The lowest BCUT2D eigenvalue weighted by atomic mass is 9.98. The van der Waals surface area contributed by atoms with E-state index in [9.17, 15) is 4.79 Å². The van der Waals surface area contributed by atoms with E-state index >= 15 is 0 Å². The van der Waals surface area contributed by atoms with Crippen LogP contribution in [0, 0.1) is 11.8 Å². The lowest BCUT2D eigenvalue weighted by Crippen LogP contribution is -2.04. The second-order valence-electron chi connectivity index (χ2n) is 4.82. The fraction of sp³-hybridized carbons (Fsp3) is 0.235. The third-order valence-corrected chi connectivity index (χ3v) is 4.44. The maximum absolute atomic E-state index is 11.9. The molecule has 0 spiro atoms. The van der Waals surface area contributed by atoms with Crippen molar-refractivity contribution < 1.29 is 4.79 Å². The Morgan fingerprint density at radius 3 is 3.00 bits per heavy atom. The van der Waals surface area contributed by atoms with Gasteiger partial charge in [0.2, 0.25) is 5.78 Å². The third kappa shape index (κ3) is 2.35. The van der Waals surface area contributed by atoms with E-state index in [1.807, 2.05) is 16.0 Å². The van der Waals surface area contributed by atoms with Gasteiger partial charge in [-0.25, -0.2) is 0 Å². The van der Waals surface area contributed by atoms with E-state index in [1.54, 1.807) is 12.3 Å². The van der Waals surface area contributed by atoms with Crippen LogP contribution in [0.2, 0.25) is 0 Å². The highest BCUT2D eigenvalue weighted by atomic mass is 32.1. The number of hydrogen-bond acceptors (Lipinski definition) is 2. The van der Waals surface area contributed by atoms with E-state index in [4.69, 9.17) is 0 Å². The van der Waals surface area contributed by atoms with Gasteiger partial charge in [0.1, 0.15) is 0 Å². The number of thiophene rings is 1. The third-order valence-electron chi connectivity index (χ3n) is 3.57. The number of ketones is 1. The van der Waals surface area contributed by atoms with Crippen LogP contribution in [0.3, 0.4) is 0 Å². The summed E-state index contributed by atoms with van der Waals surface area (Å²) in [6.07, 6.45) is 6.41. The Labute approximate surface area is 122 Å². The highest BCUT2D eigenvalue weighted by Crippen LogP contribution is 2.25. The topological polar surface area (TPSA) is 22.0 Å². The molecule has 0 aliphatic heterocycles. The first-order chi connectivity index (χ1) is 9.79. The monoisotopic (exact) mass is 281 g/mol. The predicted molar refractivity (Wildman–Crippen MR) is 83.0 cm³/mol. The van der Waals surface area contributed by atoms with Crippen molar-refractivity contribution in [3.63, 3.8) is 0 Å². The maximum Gasteiger partial charge on any atom is 0.246 e. The molecule has 0 atom stereocenters. The van der Waals surface area contributed by atoms with Crippen LogP contribution in [0.1, 0.15) is 39.5 Å². The summed E-state index contributed by atoms with van der Waals surface area (Å²) in [7, 11) is 0. The highest BCUT2D eigenvalue weighted by molar-refractivity contribution is 7.12. The van der Waals surface area contributed by atoms with Crippen LogP contribution in [0.4, 0.5) is 0 Å². The van der Waals surface area contributed by atoms with Crippen molar-refractivity contribution >= 4 is 23.3 Å². The van der Waals surface area contributed by atoms with E-state index in [2.05, 4.69) is 24.5 Å². The molecule has 100 valence electrons. The number of carbonyl (C=O) groups is 1. The zero-order valence-corrected chi connectivity index (χ0v) is 12.0. The summed E-state index contributed by atoms with van der Waals surface area (Å²) < 4.78 is 2.03. The van der Waals surface area contributed by atoms with E-state index in [-0.39, 0.29) is 5.78 Å². The summed E-state index contributed by atoms with van der Waals surface area (Å²) in [4.78, 5) is 12.6. The van der Waals surface area contributed by atoms with Crippen molar-refractivity contribution in [2.75, 3.05) is 0 Å². The van der Waals surface area contributed by atoms with E-state index in [0.717, 1.165) is 18.5 Å². The van der Waals surface area contributed by atoms with Crippen LogP contribution in [0.5, 0.6) is 0 Å². The van der Waals surface area contributed by atoms with Gasteiger partial charge in [-0.15, -0.1) is 11.3 Å². The average Bonchev–Trinajstić information content (AvgIpc) is 3.11. The minimum atomic E-state index is -0.116. The Morgan fingerprint density at radius 1 is 1.40 bits per heavy atom. The first-order valence-electron chi connectivity index (χ1n) is 6.75. The Hall–Kier alpha value is -2.05. The second-order valence-corrected chi connectivity index (χ2v) is 5.77. The van der Waals surface area contributed by atoms with Gasteiger partial charge in [-0.2, -0.15) is 0 Å². The van der Waals surface area contributed by atoms with Gasteiger partial charge >= 0.3 is 0 Å². The number of aryl methyl sites for hydroxylation is 1. The van der Waals surface area contributed by atoms with Crippen molar-refractivity contribution in [2.45, 2.75) is 25.7 Å². The first-order valence-corrected chi connectivity index (χ1v) is 7.63. The molecule has 2 aromatic heterocycles. The van der Waals surface area contributed by atoms with Gasteiger partial charge in [-0.3, -0.25) is 4.79 Å². The predicted octanol–water partition coefficient (Wildman–Crippen LogP) is 3.76. The molecule has 1 aliphatic carbocycles. The van der Waals surface area contributed by atoms with Crippen LogP contribution >= 0.6 is 11.3 Å². The normalized spacial score (nSPS) is 13.2. The number of fused-ring (bicyclic) bond motifs is 1. The van der Waals surface area contributed by atoms with Gasteiger partial charge < -0.3 is 4.57 Å². The standard InChI is InChI=1S/C17H15NOS/c1-2-18-14(12-13-6-3-4-7-15(13)18)9-10-16(19)17-8-5-11-20-17/h2,5,8,11-12H,1,3-4,6-7H2. The highest BCUT2D eigenvalue weighted by Gasteiger charge is 2.15. The van der Waals surface area contributed by atoms with Gasteiger partial charge in [0, 0.05) is 11.9 Å². The van der Waals surface area contributed by atoms with Crippen molar-refractivity contribution in [1.29, 1.82) is 0 Å². The zero-order valence-electron chi connectivity index (χ0n) is 11.2. The minimum absolute atomic E-state index is 0.116. The molecular weight excluding hydrogens is 266 g/mol.